The summed E-state index contributed by atoms with van der Waals surface area (Å²) in [6.45, 7) is 3.86. The Bertz CT molecular complexity index is 318. The summed E-state index contributed by atoms with van der Waals surface area (Å²) in [5, 5.41) is 0. The summed E-state index contributed by atoms with van der Waals surface area (Å²) in [4.78, 5) is 11.4. The molecule has 0 atom stereocenters. The van der Waals surface area contributed by atoms with Crippen LogP contribution >= 0.6 is 0 Å². The smallest absolute Gasteiger partial charge is 0.135 e. The number of carbonyl (C=O) groups is 1. The molecule has 0 amide bonds. The number of nitrogen functional groups attached to an aromatic ring is 1. The van der Waals surface area contributed by atoms with Crippen molar-refractivity contribution in [3.63, 3.8) is 0 Å². The van der Waals surface area contributed by atoms with E-state index in [9.17, 15) is 4.79 Å². The molecule has 0 aliphatic rings. The van der Waals surface area contributed by atoms with Gasteiger partial charge in [-0.15, -0.1) is 0 Å². The van der Waals surface area contributed by atoms with Gasteiger partial charge >= 0.3 is 0 Å². The van der Waals surface area contributed by atoms with Gasteiger partial charge in [-0.2, -0.15) is 0 Å². The molecule has 0 saturated heterocycles. The first-order valence-electron chi connectivity index (χ1n) is 4.96. The van der Waals surface area contributed by atoms with Gasteiger partial charge in [0.1, 0.15) is 5.78 Å². The zero-order chi connectivity index (χ0) is 10.6. The quantitative estimate of drug-likeness (QED) is 0.743. The molecule has 0 unspecified atom stereocenters. The van der Waals surface area contributed by atoms with E-state index in [-0.39, 0.29) is 5.92 Å². The van der Waals surface area contributed by atoms with Gasteiger partial charge in [-0.05, 0) is 24.1 Å². The van der Waals surface area contributed by atoms with Gasteiger partial charge < -0.3 is 5.73 Å². The summed E-state index contributed by atoms with van der Waals surface area (Å²) in [6, 6.07) is 7.70. The van der Waals surface area contributed by atoms with Gasteiger partial charge in [-0.3, -0.25) is 4.79 Å². The minimum atomic E-state index is 0.135. The lowest BCUT2D eigenvalue weighted by molar-refractivity contribution is -0.121. The van der Waals surface area contributed by atoms with Crippen LogP contribution in [0.3, 0.4) is 0 Å². The van der Waals surface area contributed by atoms with Crippen molar-refractivity contribution in [3.8, 4) is 0 Å². The van der Waals surface area contributed by atoms with Crippen LogP contribution in [0.25, 0.3) is 0 Å². The third-order valence-electron chi connectivity index (χ3n) is 2.26. The zero-order valence-electron chi connectivity index (χ0n) is 8.79. The Morgan fingerprint density at radius 1 is 1.43 bits per heavy atom. The maximum atomic E-state index is 11.4. The van der Waals surface area contributed by atoms with Gasteiger partial charge in [0.2, 0.25) is 0 Å². The first-order valence-corrected chi connectivity index (χ1v) is 4.96. The number of carbonyl (C=O) groups excluding carboxylic acids is 1. The van der Waals surface area contributed by atoms with E-state index in [1.165, 1.54) is 0 Å². The third kappa shape index (κ3) is 3.21. The van der Waals surface area contributed by atoms with E-state index in [2.05, 4.69) is 0 Å². The summed E-state index contributed by atoms with van der Waals surface area (Å²) in [6.07, 6.45) is 1.41. The summed E-state index contributed by atoms with van der Waals surface area (Å²) in [5.74, 6) is 0.448. The first-order chi connectivity index (χ1) is 6.59. The fraction of sp³-hybridized carbons (Fsp3) is 0.417. The molecular formula is C12H17NO. The van der Waals surface area contributed by atoms with Crippen LogP contribution in [0.4, 0.5) is 5.69 Å². The largest absolute Gasteiger partial charge is 0.399 e. The highest BCUT2D eigenvalue weighted by molar-refractivity contribution is 5.80. The summed E-state index contributed by atoms with van der Waals surface area (Å²) >= 11 is 0. The molecule has 0 fully saturated rings. The highest BCUT2D eigenvalue weighted by Crippen LogP contribution is 2.10. The van der Waals surface area contributed by atoms with E-state index in [0.29, 0.717) is 12.2 Å². The number of hydrogen-bond donors (Lipinski definition) is 1. The lowest BCUT2D eigenvalue weighted by Gasteiger charge is -2.04. The number of ketones is 1. The van der Waals surface area contributed by atoms with E-state index >= 15 is 0 Å². The molecule has 14 heavy (non-hydrogen) atoms. The molecule has 0 radical (unpaired) electrons. The summed E-state index contributed by atoms with van der Waals surface area (Å²) in [5.41, 5.74) is 7.54. The number of rotatable bonds is 4. The van der Waals surface area contributed by atoms with Crippen molar-refractivity contribution >= 4 is 11.5 Å². The molecule has 0 aromatic heterocycles. The molecule has 0 heterocycles. The van der Waals surface area contributed by atoms with E-state index in [1.807, 2.05) is 38.1 Å². The first kappa shape index (κ1) is 10.8. The maximum absolute atomic E-state index is 11.4. The van der Waals surface area contributed by atoms with Crippen LogP contribution in [0.1, 0.15) is 25.8 Å². The van der Waals surface area contributed by atoms with Crippen LogP contribution in [0.5, 0.6) is 0 Å². The van der Waals surface area contributed by atoms with Crippen LogP contribution in [0.2, 0.25) is 0 Å². The molecule has 0 aliphatic carbocycles. The molecule has 76 valence electrons. The van der Waals surface area contributed by atoms with E-state index in [0.717, 1.165) is 17.7 Å². The van der Waals surface area contributed by atoms with E-state index in [4.69, 9.17) is 5.73 Å². The fourth-order valence-electron chi connectivity index (χ4n) is 1.30. The zero-order valence-corrected chi connectivity index (χ0v) is 8.79. The Morgan fingerprint density at radius 2 is 2.14 bits per heavy atom. The lowest BCUT2D eigenvalue weighted by Crippen LogP contribution is -2.07. The predicted molar refractivity (Wildman–Crippen MR) is 59.0 cm³/mol. The highest BCUT2D eigenvalue weighted by atomic mass is 16.1. The van der Waals surface area contributed by atoms with Gasteiger partial charge in [0.05, 0.1) is 0 Å². The van der Waals surface area contributed by atoms with Crippen molar-refractivity contribution in [2.45, 2.75) is 26.7 Å². The number of nitrogens with two attached hydrogens (primary N) is 1. The number of Topliss-reactive ketones (excluding diaryl/α,β-unsaturated/α-hetero) is 1. The molecule has 0 aliphatic heterocycles. The number of benzene rings is 1. The molecule has 0 saturated carbocycles. The second kappa shape index (κ2) is 4.80. The Hall–Kier alpha value is -1.31. The number of hydrogen-bond acceptors (Lipinski definition) is 2. The van der Waals surface area contributed by atoms with Crippen molar-refractivity contribution in [3.05, 3.63) is 29.8 Å². The number of anilines is 1. The normalized spacial score (nSPS) is 10.5. The molecule has 1 aromatic carbocycles. The Morgan fingerprint density at radius 3 is 2.71 bits per heavy atom. The van der Waals surface area contributed by atoms with Crippen LogP contribution in [0.15, 0.2) is 24.3 Å². The Labute approximate surface area is 85.1 Å². The van der Waals surface area contributed by atoms with Crippen molar-refractivity contribution in [1.29, 1.82) is 0 Å². The van der Waals surface area contributed by atoms with Gasteiger partial charge in [0.25, 0.3) is 0 Å². The lowest BCUT2D eigenvalue weighted by atomic mass is 10.0. The van der Waals surface area contributed by atoms with Crippen LogP contribution < -0.4 is 5.73 Å². The molecule has 1 aromatic rings. The Balaban J connectivity index is 2.50. The molecule has 1 rings (SSSR count). The predicted octanol–water partition coefficient (Wildman–Crippen LogP) is 2.43. The van der Waals surface area contributed by atoms with Crippen LogP contribution in [0, 0.1) is 5.92 Å². The standard InChI is InChI=1S/C12H17NO/c1-9(2)12(14)7-6-10-4-3-5-11(13)8-10/h3-5,8-9H,6-7,13H2,1-2H3. The molecule has 2 heteroatoms. The maximum Gasteiger partial charge on any atom is 0.135 e. The van der Waals surface area contributed by atoms with Crippen LogP contribution in [-0.2, 0) is 11.2 Å². The third-order valence-corrected chi connectivity index (χ3v) is 2.26. The average molecular weight is 191 g/mol. The molecule has 2 N–H and O–H groups in total. The molecule has 2 nitrogen and oxygen atoms in total. The van der Waals surface area contributed by atoms with Crippen molar-refractivity contribution < 1.29 is 4.79 Å². The van der Waals surface area contributed by atoms with Crippen molar-refractivity contribution in [1.82, 2.24) is 0 Å². The van der Waals surface area contributed by atoms with Gasteiger partial charge in [-0.25, -0.2) is 0 Å². The molecule has 0 spiro atoms. The van der Waals surface area contributed by atoms with Crippen molar-refractivity contribution in [2.24, 2.45) is 5.92 Å². The Kier molecular flexibility index (Phi) is 3.69. The second-order valence-electron chi connectivity index (χ2n) is 3.87. The van der Waals surface area contributed by atoms with Gasteiger partial charge in [0, 0.05) is 18.0 Å². The molecular weight excluding hydrogens is 174 g/mol. The fourth-order valence-corrected chi connectivity index (χ4v) is 1.30. The summed E-state index contributed by atoms with van der Waals surface area (Å²) < 4.78 is 0. The van der Waals surface area contributed by atoms with E-state index < -0.39 is 0 Å². The van der Waals surface area contributed by atoms with Gasteiger partial charge in [0.15, 0.2) is 0 Å². The minimum absolute atomic E-state index is 0.135. The minimum Gasteiger partial charge on any atom is -0.399 e. The monoisotopic (exact) mass is 191 g/mol. The van der Waals surface area contributed by atoms with Crippen LogP contribution in [-0.4, -0.2) is 5.78 Å². The highest BCUT2D eigenvalue weighted by Gasteiger charge is 2.06. The van der Waals surface area contributed by atoms with Gasteiger partial charge in [-0.1, -0.05) is 26.0 Å². The summed E-state index contributed by atoms with van der Waals surface area (Å²) in [7, 11) is 0. The SMILES string of the molecule is CC(C)C(=O)CCc1cccc(N)c1. The van der Waals surface area contributed by atoms with Crippen molar-refractivity contribution in [2.75, 3.05) is 5.73 Å². The average Bonchev–Trinajstić information content (AvgIpc) is 2.14. The second-order valence-corrected chi connectivity index (χ2v) is 3.87. The number of aryl methyl sites for hydroxylation is 1. The molecule has 0 bridgehead atoms. The van der Waals surface area contributed by atoms with E-state index in [1.54, 1.807) is 0 Å². The topological polar surface area (TPSA) is 43.1 Å².